The zero-order chi connectivity index (χ0) is 15.4. The lowest BCUT2D eigenvalue weighted by atomic mass is 10.2. The van der Waals surface area contributed by atoms with Gasteiger partial charge in [0.1, 0.15) is 6.04 Å². The van der Waals surface area contributed by atoms with E-state index in [0.717, 1.165) is 12.1 Å². The van der Waals surface area contributed by atoms with E-state index < -0.39 is 6.04 Å². The first-order chi connectivity index (χ1) is 10.1. The van der Waals surface area contributed by atoms with E-state index >= 15 is 0 Å². The summed E-state index contributed by atoms with van der Waals surface area (Å²) in [5.74, 6) is 0.894. The molecule has 0 aromatic heterocycles. The van der Waals surface area contributed by atoms with Gasteiger partial charge in [-0.2, -0.15) is 0 Å². The van der Waals surface area contributed by atoms with Gasteiger partial charge in [0.05, 0.1) is 20.6 Å². The van der Waals surface area contributed by atoms with Crippen LogP contribution in [0.25, 0.3) is 0 Å². The smallest absolute Gasteiger partial charge is 0.252 e. The lowest BCUT2D eigenvalue weighted by Crippen LogP contribution is -2.35. The van der Waals surface area contributed by atoms with Crippen LogP contribution < -0.4 is 14.8 Å². The van der Waals surface area contributed by atoms with Gasteiger partial charge in [-0.1, -0.05) is 6.92 Å². The van der Waals surface area contributed by atoms with Crippen LogP contribution in [-0.4, -0.2) is 43.5 Å². The first-order valence-corrected chi connectivity index (χ1v) is 6.93. The molecule has 6 heteroatoms. The minimum absolute atomic E-state index is 0.125. The third-order valence-electron chi connectivity index (χ3n) is 3.42. The molecule has 1 heterocycles. The van der Waals surface area contributed by atoms with Crippen molar-refractivity contribution in [3.8, 4) is 11.5 Å². The summed E-state index contributed by atoms with van der Waals surface area (Å²) in [6.07, 6.45) is 0.952. The topological polar surface area (TPSA) is 67.9 Å². The first-order valence-electron chi connectivity index (χ1n) is 6.93. The molecule has 0 spiro atoms. The highest BCUT2D eigenvalue weighted by Crippen LogP contribution is 2.30. The molecular weight excluding hydrogens is 272 g/mol. The molecule has 1 unspecified atom stereocenters. The third kappa shape index (κ3) is 3.09. The van der Waals surface area contributed by atoms with Crippen LogP contribution in [0.15, 0.2) is 18.2 Å². The average Bonchev–Trinajstić information content (AvgIpc) is 2.75. The second kappa shape index (κ2) is 6.47. The van der Waals surface area contributed by atoms with Gasteiger partial charge in [-0.15, -0.1) is 0 Å². The maximum atomic E-state index is 12.2. The van der Waals surface area contributed by atoms with Gasteiger partial charge in [0.2, 0.25) is 5.91 Å². The Morgan fingerprint density at radius 2 is 1.95 bits per heavy atom. The van der Waals surface area contributed by atoms with Crippen LogP contribution in [0.5, 0.6) is 11.5 Å². The van der Waals surface area contributed by atoms with Crippen molar-refractivity contribution in [1.29, 1.82) is 0 Å². The number of carbonyl (C=O) groups excluding carboxylic acids is 2. The number of hydrogen-bond donors (Lipinski definition) is 1. The van der Waals surface area contributed by atoms with Gasteiger partial charge < -0.3 is 14.8 Å². The highest BCUT2D eigenvalue weighted by atomic mass is 16.5. The summed E-state index contributed by atoms with van der Waals surface area (Å²) in [5, 5.41) is 3.09. The van der Waals surface area contributed by atoms with Gasteiger partial charge in [0.15, 0.2) is 11.5 Å². The van der Waals surface area contributed by atoms with Gasteiger partial charge in [-0.25, -0.2) is 0 Å². The van der Waals surface area contributed by atoms with Crippen molar-refractivity contribution in [2.45, 2.75) is 25.8 Å². The van der Waals surface area contributed by atoms with Crippen molar-refractivity contribution in [1.82, 2.24) is 4.90 Å². The molecule has 1 aromatic rings. The maximum Gasteiger partial charge on any atom is 0.252 e. The summed E-state index contributed by atoms with van der Waals surface area (Å²) in [6.45, 7) is 2.41. The van der Waals surface area contributed by atoms with Crippen LogP contribution in [0.1, 0.15) is 19.8 Å². The van der Waals surface area contributed by atoms with Crippen molar-refractivity contribution >= 4 is 17.5 Å². The number of imide groups is 1. The van der Waals surface area contributed by atoms with Crippen molar-refractivity contribution in [3.05, 3.63) is 18.2 Å². The van der Waals surface area contributed by atoms with Crippen LogP contribution in [0, 0.1) is 0 Å². The van der Waals surface area contributed by atoms with E-state index in [4.69, 9.17) is 9.47 Å². The SMILES string of the molecule is CCCN1C(=O)CC(Nc2ccc(OC)c(OC)c2)C1=O. The predicted molar refractivity (Wildman–Crippen MR) is 78.6 cm³/mol. The fraction of sp³-hybridized carbons (Fsp3) is 0.467. The molecule has 2 amide bonds. The summed E-state index contributed by atoms with van der Waals surface area (Å²) in [6, 6.07) is 4.79. The van der Waals surface area contributed by atoms with Crippen molar-refractivity contribution in [3.63, 3.8) is 0 Å². The van der Waals surface area contributed by atoms with E-state index in [1.165, 1.54) is 4.90 Å². The molecule has 1 saturated heterocycles. The molecule has 1 fully saturated rings. The van der Waals surface area contributed by atoms with Crippen LogP contribution in [0.2, 0.25) is 0 Å². The highest BCUT2D eigenvalue weighted by molar-refractivity contribution is 6.06. The van der Waals surface area contributed by atoms with Crippen LogP contribution in [-0.2, 0) is 9.59 Å². The minimum atomic E-state index is -0.512. The Labute approximate surface area is 124 Å². The Morgan fingerprint density at radius 3 is 2.57 bits per heavy atom. The van der Waals surface area contributed by atoms with E-state index in [2.05, 4.69) is 5.32 Å². The number of likely N-dealkylation sites (tertiary alicyclic amines) is 1. The zero-order valence-corrected chi connectivity index (χ0v) is 12.5. The molecule has 0 aliphatic carbocycles. The Kier molecular flexibility index (Phi) is 4.67. The lowest BCUT2D eigenvalue weighted by Gasteiger charge is -2.16. The monoisotopic (exact) mass is 292 g/mol. The first kappa shape index (κ1) is 15.2. The summed E-state index contributed by atoms with van der Waals surface area (Å²) in [7, 11) is 3.11. The molecule has 21 heavy (non-hydrogen) atoms. The maximum absolute atomic E-state index is 12.2. The molecule has 1 atom stereocenters. The van der Waals surface area contributed by atoms with Gasteiger partial charge in [0, 0.05) is 18.3 Å². The summed E-state index contributed by atoms with van der Waals surface area (Å²) >= 11 is 0. The molecule has 1 aromatic carbocycles. The number of ether oxygens (including phenoxy) is 2. The van der Waals surface area contributed by atoms with E-state index in [1.807, 2.05) is 6.92 Å². The predicted octanol–water partition coefficient (Wildman–Crippen LogP) is 1.65. The Morgan fingerprint density at radius 1 is 1.24 bits per heavy atom. The average molecular weight is 292 g/mol. The standard InChI is InChI=1S/C15H20N2O4/c1-4-7-17-14(18)9-11(15(17)19)16-10-5-6-12(20-2)13(8-10)21-3/h5-6,8,11,16H,4,7,9H2,1-3H3. The number of nitrogens with zero attached hydrogens (tertiary/aromatic N) is 1. The van der Waals surface area contributed by atoms with E-state index in [-0.39, 0.29) is 18.2 Å². The molecule has 0 radical (unpaired) electrons. The zero-order valence-electron chi connectivity index (χ0n) is 12.5. The molecule has 6 nitrogen and oxygen atoms in total. The minimum Gasteiger partial charge on any atom is -0.493 e. The van der Waals surface area contributed by atoms with Gasteiger partial charge >= 0.3 is 0 Å². The normalized spacial score (nSPS) is 18.0. The number of benzene rings is 1. The Balaban J connectivity index is 2.12. The Hall–Kier alpha value is -2.24. The molecule has 0 saturated carbocycles. The molecular formula is C15H20N2O4. The molecule has 1 N–H and O–H groups in total. The Bertz CT molecular complexity index is 544. The molecule has 1 aliphatic heterocycles. The second-order valence-corrected chi connectivity index (χ2v) is 4.85. The quantitative estimate of drug-likeness (QED) is 0.808. The number of methoxy groups -OCH3 is 2. The number of anilines is 1. The van der Waals surface area contributed by atoms with Gasteiger partial charge in [0.25, 0.3) is 5.91 Å². The van der Waals surface area contributed by atoms with Crippen molar-refractivity contribution < 1.29 is 19.1 Å². The highest BCUT2D eigenvalue weighted by Gasteiger charge is 2.37. The second-order valence-electron chi connectivity index (χ2n) is 4.85. The summed E-state index contributed by atoms with van der Waals surface area (Å²) in [5.41, 5.74) is 0.720. The number of rotatable bonds is 6. The van der Waals surface area contributed by atoms with Crippen molar-refractivity contribution in [2.24, 2.45) is 0 Å². The molecule has 2 rings (SSSR count). The van der Waals surface area contributed by atoms with Crippen LogP contribution in [0.4, 0.5) is 5.69 Å². The van der Waals surface area contributed by atoms with Gasteiger partial charge in [-0.3, -0.25) is 14.5 Å². The number of nitrogens with one attached hydrogen (secondary N) is 1. The number of amides is 2. The molecule has 114 valence electrons. The van der Waals surface area contributed by atoms with Crippen molar-refractivity contribution in [2.75, 3.05) is 26.1 Å². The van der Waals surface area contributed by atoms with Crippen LogP contribution in [0.3, 0.4) is 0 Å². The van der Waals surface area contributed by atoms with E-state index in [1.54, 1.807) is 32.4 Å². The van der Waals surface area contributed by atoms with Crippen LogP contribution >= 0.6 is 0 Å². The molecule has 1 aliphatic rings. The van der Waals surface area contributed by atoms with E-state index in [0.29, 0.717) is 18.0 Å². The fourth-order valence-corrected chi connectivity index (χ4v) is 2.38. The van der Waals surface area contributed by atoms with Gasteiger partial charge in [-0.05, 0) is 18.6 Å². The fourth-order valence-electron chi connectivity index (χ4n) is 2.38. The largest absolute Gasteiger partial charge is 0.493 e. The summed E-state index contributed by atoms with van der Waals surface area (Å²) < 4.78 is 10.4. The van der Waals surface area contributed by atoms with E-state index in [9.17, 15) is 9.59 Å². The number of carbonyl (C=O) groups is 2. The molecule has 0 bridgehead atoms. The lowest BCUT2D eigenvalue weighted by molar-refractivity contribution is -0.138. The summed E-state index contributed by atoms with van der Waals surface area (Å²) in [4.78, 5) is 25.3. The third-order valence-corrected chi connectivity index (χ3v) is 3.42. The number of hydrogen-bond acceptors (Lipinski definition) is 5.